The van der Waals surface area contributed by atoms with E-state index in [9.17, 15) is 4.79 Å². The number of nitrogens with one attached hydrogen (secondary N) is 1. The van der Waals surface area contributed by atoms with Gasteiger partial charge < -0.3 is 10.2 Å². The quantitative estimate of drug-likeness (QED) is 0.861. The van der Waals surface area contributed by atoms with Gasteiger partial charge in [0, 0.05) is 24.7 Å². The average molecular weight is 292 g/mol. The van der Waals surface area contributed by atoms with Crippen LogP contribution in [0.5, 0.6) is 0 Å². The van der Waals surface area contributed by atoms with Gasteiger partial charge in [-0.2, -0.15) is 0 Å². The standard InChI is InChI=1S/C15H18ClN3O/c1-3-19(2)9-8-17-15(20)13-10-18-14(16)12-7-5-4-6-11(12)13/h4-7,10H,3,8-9H2,1-2H3,(H,17,20). The highest BCUT2D eigenvalue weighted by Gasteiger charge is 2.12. The Bertz CT molecular complexity index is 615. The van der Waals surface area contributed by atoms with Gasteiger partial charge in [0.25, 0.3) is 5.91 Å². The first-order valence-corrected chi connectivity index (χ1v) is 7.01. The van der Waals surface area contributed by atoms with Crippen LogP contribution < -0.4 is 5.32 Å². The Labute approximate surface area is 123 Å². The second-order valence-electron chi connectivity index (χ2n) is 4.66. The average Bonchev–Trinajstić information content (AvgIpc) is 2.47. The van der Waals surface area contributed by atoms with E-state index in [1.807, 2.05) is 31.3 Å². The van der Waals surface area contributed by atoms with Crippen LogP contribution in [0.3, 0.4) is 0 Å². The van der Waals surface area contributed by atoms with Gasteiger partial charge in [0.15, 0.2) is 0 Å². The lowest BCUT2D eigenvalue weighted by Crippen LogP contribution is -2.33. The summed E-state index contributed by atoms with van der Waals surface area (Å²) < 4.78 is 0. The molecule has 1 amide bonds. The van der Waals surface area contributed by atoms with E-state index in [0.717, 1.165) is 23.9 Å². The monoisotopic (exact) mass is 291 g/mol. The van der Waals surface area contributed by atoms with E-state index in [1.54, 1.807) is 0 Å². The molecule has 0 saturated heterocycles. The maximum absolute atomic E-state index is 12.2. The molecule has 1 aromatic carbocycles. The number of carbonyl (C=O) groups excluding carboxylic acids is 1. The van der Waals surface area contributed by atoms with E-state index in [0.29, 0.717) is 17.3 Å². The fourth-order valence-electron chi connectivity index (χ4n) is 1.95. The van der Waals surface area contributed by atoms with Gasteiger partial charge >= 0.3 is 0 Å². The molecule has 1 heterocycles. The lowest BCUT2D eigenvalue weighted by Gasteiger charge is -2.14. The van der Waals surface area contributed by atoms with Crippen LogP contribution in [-0.2, 0) is 0 Å². The zero-order valence-corrected chi connectivity index (χ0v) is 12.4. The number of hydrogen-bond acceptors (Lipinski definition) is 3. The summed E-state index contributed by atoms with van der Waals surface area (Å²) in [4.78, 5) is 18.4. The highest BCUT2D eigenvalue weighted by atomic mass is 35.5. The second-order valence-corrected chi connectivity index (χ2v) is 5.02. The Morgan fingerprint density at radius 2 is 2.05 bits per heavy atom. The molecule has 1 N–H and O–H groups in total. The van der Waals surface area contributed by atoms with Crippen LogP contribution in [0.2, 0.25) is 5.15 Å². The molecule has 5 heteroatoms. The number of pyridine rings is 1. The topological polar surface area (TPSA) is 45.2 Å². The number of aromatic nitrogens is 1. The first-order valence-electron chi connectivity index (χ1n) is 6.63. The van der Waals surface area contributed by atoms with Crippen LogP contribution in [0.4, 0.5) is 0 Å². The molecule has 0 spiro atoms. The summed E-state index contributed by atoms with van der Waals surface area (Å²) in [6, 6.07) is 7.52. The Morgan fingerprint density at radius 1 is 1.35 bits per heavy atom. The molecule has 0 fully saturated rings. The minimum Gasteiger partial charge on any atom is -0.351 e. The summed E-state index contributed by atoms with van der Waals surface area (Å²) in [7, 11) is 2.02. The predicted molar refractivity (Wildman–Crippen MR) is 82.3 cm³/mol. The van der Waals surface area contributed by atoms with Crippen molar-refractivity contribution in [3.8, 4) is 0 Å². The van der Waals surface area contributed by atoms with Gasteiger partial charge in [-0.1, -0.05) is 42.8 Å². The van der Waals surface area contributed by atoms with Crippen molar-refractivity contribution in [2.45, 2.75) is 6.92 Å². The molecule has 0 aliphatic rings. The summed E-state index contributed by atoms with van der Waals surface area (Å²) in [5, 5.41) is 4.96. The number of fused-ring (bicyclic) bond motifs is 1. The molecule has 0 aliphatic heterocycles. The zero-order chi connectivity index (χ0) is 14.5. The second kappa shape index (κ2) is 6.68. The maximum atomic E-state index is 12.2. The van der Waals surface area contributed by atoms with Crippen LogP contribution in [-0.4, -0.2) is 42.5 Å². The first kappa shape index (κ1) is 14.8. The van der Waals surface area contributed by atoms with Crippen molar-refractivity contribution in [3.63, 3.8) is 0 Å². The third-order valence-corrected chi connectivity index (χ3v) is 3.61. The van der Waals surface area contributed by atoms with Gasteiger partial charge in [0.05, 0.1) is 5.56 Å². The maximum Gasteiger partial charge on any atom is 0.253 e. The fourth-order valence-corrected chi connectivity index (χ4v) is 2.17. The minimum absolute atomic E-state index is 0.116. The summed E-state index contributed by atoms with van der Waals surface area (Å²) in [6.07, 6.45) is 1.53. The van der Waals surface area contributed by atoms with Crippen molar-refractivity contribution in [1.82, 2.24) is 15.2 Å². The molecule has 0 bridgehead atoms. The van der Waals surface area contributed by atoms with E-state index in [1.165, 1.54) is 6.20 Å². The van der Waals surface area contributed by atoms with Gasteiger partial charge in [0.1, 0.15) is 5.15 Å². The molecule has 2 rings (SSSR count). The van der Waals surface area contributed by atoms with Crippen LogP contribution >= 0.6 is 11.6 Å². The van der Waals surface area contributed by atoms with Crippen molar-refractivity contribution in [3.05, 3.63) is 41.2 Å². The summed E-state index contributed by atoms with van der Waals surface area (Å²) in [6.45, 7) is 4.47. The highest BCUT2D eigenvalue weighted by molar-refractivity contribution is 6.34. The van der Waals surface area contributed by atoms with E-state index < -0.39 is 0 Å². The predicted octanol–water partition coefficient (Wildman–Crippen LogP) is 2.57. The van der Waals surface area contributed by atoms with Crippen LogP contribution in [0.1, 0.15) is 17.3 Å². The van der Waals surface area contributed by atoms with Crippen LogP contribution in [0.25, 0.3) is 10.8 Å². The van der Waals surface area contributed by atoms with E-state index in [-0.39, 0.29) is 5.91 Å². The number of likely N-dealkylation sites (N-methyl/N-ethyl adjacent to an activating group) is 1. The minimum atomic E-state index is -0.116. The summed E-state index contributed by atoms with van der Waals surface area (Å²) in [5.74, 6) is -0.116. The molecule has 20 heavy (non-hydrogen) atoms. The third kappa shape index (κ3) is 3.26. The normalized spacial score (nSPS) is 11.0. The number of nitrogens with zero attached hydrogens (tertiary/aromatic N) is 2. The number of amides is 1. The molecule has 106 valence electrons. The zero-order valence-electron chi connectivity index (χ0n) is 11.7. The number of halogens is 1. The van der Waals surface area contributed by atoms with E-state index >= 15 is 0 Å². The fraction of sp³-hybridized carbons (Fsp3) is 0.333. The summed E-state index contributed by atoms with van der Waals surface area (Å²) >= 11 is 6.05. The molecule has 0 atom stereocenters. The summed E-state index contributed by atoms with van der Waals surface area (Å²) in [5.41, 5.74) is 0.559. The number of carbonyl (C=O) groups is 1. The third-order valence-electron chi connectivity index (χ3n) is 3.31. The van der Waals surface area contributed by atoms with E-state index in [2.05, 4.69) is 22.1 Å². The van der Waals surface area contributed by atoms with Crippen LogP contribution in [0, 0.1) is 0 Å². The SMILES string of the molecule is CCN(C)CCNC(=O)c1cnc(Cl)c2ccccc12. The van der Waals surface area contributed by atoms with Gasteiger partial charge in [-0.25, -0.2) is 4.98 Å². The van der Waals surface area contributed by atoms with Crippen molar-refractivity contribution in [2.75, 3.05) is 26.7 Å². The molecule has 1 aromatic heterocycles. The van der Waals surface area contributed by atoms with Gasteiger partial charge in [-0.3, -0.25) is 4.79 Å². The largest absolute Gasteiger partial charge is 0.351 e. The molecule has 0 saturated carbocycles. The molecule has 4 nitrogen and oxygen atoms in total. The lowest BCUT2D eigenvalue weighted by molar-refractivity contribution is 0.0951. The van der Waals surface area contributed by atoms with E-state index in [4.69, 9.17) is 11.6 Å². The Balaban J connectivity index is 2.16. The molecule has 0 unspecified atom stereocenters. The molecule has 0 aliphatic carbocycles. The van der Waals surface area contributed by atoms with Crippen molar-refractivity contribution in [2.24, 2.45) is 0 Å². The number of rotatable bonds is 5. The lowest BCUT2D eigenvalue weighted by atomic mass is 10.1. The molecular weight excluding hydrogens is 274 g/mol. The van der Waals surface area contributed by atoms with Gasteiger partial charge in [-0.05, 0) is 19.0 Å². The smallest absolute Gasteiger partial charge is 0.253 e. The Morgan fingerprint density at radius 3 is 2.75 bits per heavy atom. The van der Waals surface area contributed by atoms with Crippen molar-refractivity contribution in [1.29, 1.82) is 0 Å². The first-order chi connectivity index (χ1) is 9.63. The number of hydrogen-bond donors (Lipinski definition) is 1. The van der Waals surface area contributed by atoms with Gasteiger partial charge in [0.2, 0.25) is 0 Å². The highest BCUT2D eigenvalue weighted by Crippen LogP contribution is 2.23. The Kier molecular flexibility index (Phi) is 4.93. The van der Waals surface area contributed by atoms with Crippen molar-refractivity contribution < 1.29 is 4.79 Å². The van der Waals surface area contributed by atoms with Gasteiger partial charge in [-0.15, -0.1) is 0 Å². The van der Waals surface area contributed by atoms with Crippen LogP contribution in [0.15, 0.2) is 30.5 Å². The molecule has 0 radical (unpaired) electrons. The molecular formula is C15H18ClN3O. The van der Waals surface area contributed by atoms with Crippen molar-refractivity contribution >= 4 is 28.3 Å². The Hall–Kier alpha value is -1.65. The number of benzene rings is 1. The molecule has 2 aromatic rings.